The molecule has 1 N–H and O–H groups in total. The van der Waals surface area contributed by atoms with E-state index < -0.39 is 5.01 Å². The largest absolute Gasteiger partial charge is 0.379 e. The van der Waals surface area contributed by atoms with Crippen LogP contribution in [0.25, 0.3) is 0 Å². The summed E-state index contributed by atoms with van der Waals surface area (Å²) < 4.78 is 4.67. The van der Waals surface area contributed by atoms with Gasteiger partial charge in [0.05, 0.1) is 6.61 Å². The number of hydrogen-bond acceptors (Lipinski definition) is 2. The minimum absolute atomic E-state index is 0.0741. The molecule has 1 aliphatic heterocycles. The third kappa shape index (κ3) is 0.929. The SMILES string of the molecule is OC(Br)C1CO1. The van der Waals surface area contributed by atoms with Gasteiger partial charge in [-0.1, -0.05) is 15.9 Å². The van der Waals surface area contributed by atoms with Gasteiger partial charge in [0, 0.05) is 0 Å². The predicted octanol–water partition coefficient (Wildman–Crippen LogP) is 0.0985. The zero-order valence-corrected chi connectivity index (χ0v) is 4.68. The van der Waals surface area contributed by atoms with Gasteiger partial charge in [0.1, 0.15) is 11.1 Å². The molecule has 1 heterocycles. The number of aliphatic hydroxyl groups is 1. The van der Waals surface area contributed by atoms with Crippen LogP contribution < -0.4 is 0 Å². The monoisotopic (exact) mass is 152 g/mol. The summed E-state index contributed by atoms with van der Waals surface area (Å²) in [5, 5.41) is 8.04. The Balaban J connectivity index is 2.13. The molecule has 0 spiro atoms. The maximum Gasteiger partial charge on any atom is 0.137 e. The maximum absolute atomic E-state index is 8.48. The molecule has 0 aromatic rings. The first kappa shape index (κ1) is 4.56. The normalized spacial score (nSPS) is 36.0. The summed E-state index contributed by atoms with van der Waals surface area (Å²) in [6.45, 7) is 0.701. The van der Waals surface area contributed by atoms with Crippen LogP contribution in [-0.2, 0) is 4.74 Å². The van der Waals surface area contributed by atoms with Crippen LogP contribution in [0.3, 0.4) is 0 Å². The Kier molecular flexibility index (Phi) is 1.13. The van der Waals surface area contributed by atoms with E-state index in [9.17, 15) is 0 Å². The fraction of sp³-hybridized carbons (Fsp3) is 1.00. The highest BCUT2D eigenvalue weighted by atomic mass is 79.9. The maximum atomic E-state index is 8.48. The van der Waals surface area contributed by atoms with Crippen molar-refractivity contribution in [3.05, 3.63) is 0 Å². The molecule has 2 unspecified atom stereocenters. The van der Waals surface area contributed by atoms with Crippen LogP contribution in [0.1, 0.15) is 0 Å². The average Bonchev–Trinajstić information content (AvgIpc) is 2.06. The molecule has 0 radical (unpaired) electrons. The summed E-state index contributed by atoms with van der Waals surface area (Å²) in [6.07, 6.45) is 0.0741. The second-order valence-corrected chi connectivity index (χ2v) is 2.18. The van der Waals surface area contributed by atoms with Gasteiger partial charge in [-0.25, -0.2) is 0 Å². The molecular formula is C3H5BrO2. The molecule has 0 saturated carbocycles. The molecule has 0 aliphatic carbocycles. The fourth-order valence-corrected chi connectivity index (χ4v) is 0.520. The summed E-state index contributed by atoms with van der Waals surface area (Å²) in [5.74, 6) is 0. The lowest BCUT2D eigenvalue weighted by molar-refractivity contribution is 0.219. The van der Waals surface area contributed by atoms with E-state index >= 15 is 0 Å². The van der Waals surface area contributed by atoms with Crippen molar-refractivity contribution in [1.29, 1.82) is 0 Å². The highest BCUT2D eigenvalue weighted by Crippen LogP contribution is 2.17. The van der Waals surface area contributed by atoms with Gasteiger partial charge in [-0.15, -0.1) is 0 Å². The van der Waals surface area contributed by atoms with E-state index in [0.717, 1.165) is 0 Å². The minimum atomic E-state index is -0.447. The van der Waals surface area contributed by atoms with Crippen LogP contribution >= 0.6 is 15.9 Å². The number of epoxide rings is 1. The summed E-state index contributed by atoms with van der Waals surface area (Å²) in [6, 6.07) is 0. The Bertz CT molecular complexity index is 50.8. The standard InChI is InChI=1S/C3H5BrO2/c4-3(5)2-1-6-2/h2-3,5H,1H2. The summed E-state index contributed by atoms with van der Waals surface area (Å²) >= 11 is 2.93. The molecule has 3 heteroatoms. The molecular weight excluding hydrogens is 148 g/mol. The van der Waals surface area contributed by atoms with Crippen molar-refractivity contribution in [2.45, 2.75) is 11.1 Å². The van der Waals surface area contributed by atoms with Crippen molar-refractivity contribution in [3.63, 3.8) is 0 Å². The van der Waals surface area contributed by atoms with Gasteiger partial charge in [0.25, 0.3) is 0 Å². The smallest absolute Gasteiger partial charge is 0.137 e. The lowest BCUT2D eigenvalue weighted by Crippen LogP contribution is -2.02. The van der Waals surface area contributed by atoms with Crippen molar-refractivity contribution in [3.8, 4) is 0 Å². The number of alkyl halides is 1. The van der Waals surface area contributed by atoms with E-state index in [0.29, 0.717) is 6.61 Å². The first-order valence-electron chi connectivity index (χ1n) is 1.74. The molecule has 2 nitrogen and oxygen atoms in total. The van der Waals surface area contributed by atoms with Crippen LogP contribution in [0.4, 0.5) is 0 Å². The topological polar surface area (TPSA) is 32.8 Å². The van der Waals surface area contributed by atoms with Gasteiger partial charge in [-0.2, -0.15) is 0 Å². The second kappa shape index (κ2) is 1.48. The molecule has 2 atom stereocenters. The highest BCUT2D eigenvalue weighted by molar-refractivity contribution is 9.09. The van der Waals surface area contributed by atoms with Crippen LogP contribution in [0.2, 0.25) is 0 Å². The summed E-state index contributed by atoms with van der Waals surface area (Å²) in [7, 11) is 0. The second-order valence-electron chi connectivity index (χ2n) is 1.24. The Morgan fingerprint density at radius 2 is 2.50 bits per heavy atom. The van der Waals surface area contributed by atoms with Gasteiger partial charge in [0.2, 0.25) is 0 Å². The third-order valence-electron chi connectivity index (χ3n) is 0.666. The Hall–Kier alpha value is 0.400. The molecule has 1 fully saturated rings. The molecule has 6 heavy (non-hydrogen) atoms. The lowest BCUT2D eigenvalue weighted by Gasteiger charge is -1.88. The summed E-state index contributed by atoms with van der Waals surface area (Å²) in [4.78, 5) is 0. The van der Waals surface area contributed by atoms with E-state index in [-0.39, 0.29) is 6.10 Å². The average molecular weight is 153 g/mol. The molecule has 1 aliphatic rings. The first-order chi connectivity index (χ1) is 2.80. The zero-order valence-electron chi connectivity index (χ0n) is 3.10. The molecule has 0 aromatic carbocycles. The Labute approximate surface area is 44.2 Å². The van der Waals surface area contributed by atoms with E-state index in [1.807, 2.05) is 0 Å². The Morgan fingerprint density at radius 1 is 2.00 bits per heavy atom. The first-order valence-corrected chi connectivity index (χ1v) is 2.66. The molecule has 0 amide bonds. The van der Waals surface area contributed by atoms with Crippen molar-refractivity contribution in [2.24, 2.45) is 0 Å². The Morgan fingerprint density at radius 3 is 2.50 bits per heavy atom. The fourth-order valence-electron chi connectivity index (χ4n) is 0.214. The number of hydrogen-bond donors (Lipinski definition) is 1. The van der Waals surface area contributed by atoms with Gasteiger partial charge in [-0.3, -0.25) is 0 Å². The number of halogens is 1. The van der Waals surface area contributed by atoms with E-state index in [1.54, 1.807) is 0 Å². The molecule has 0 aromatic heterocycles. The summed E-state index contributed by atoms with van der Waals surface area (Å²) in [5.41, 5.74) is 0. The van der Waals surface area contributed by atoms with Crippen molar-refractivity contribution < 1.29 is 9.84 Å². The zero-order chi connectivity index (χ0) is 4.57. The molecule has 36 valence electrons. The number of rotatable bonds is 1. The van der Waals surface area contributed by atoms with Gasteiger partial charge >= 0.3 is 0 Å². The predicted molar refractivity (Wildman–Crippen MR) is 24.7 cm³/mol. The molecule has 0 bridgehead atoms. The van der Waals surface area contributed by atoms with Crippen molar-refractivity contribution in [1.82, 2.24) is 0 Å². The highest BCUT2D eigenvalue weighted by Gasteiger charge is 2.28. The van der Waals surface area contributed by atoms with Gasteiger partial charge in [-0.05, 0) is 0 Å². The van der Waals surface area contributed by atoms with Crippen molar-refractivity contribution in [2.75, 3.05) is 6.61 Å². The van der Waals surface area contributed by atoms with Crippen LogP contribution in [-0.4, -0.2) is 22.8 Å². The van der Waals surface area contributed by atoms with Crippen LogP contribution in [0.15, 0.2) is 0 Å². The minimum Gasteiger partial charge on any atom is -0.379 e. The number of ether oxygens (including phenoxy) is 1. The van der Waals surface area contributed by atoms with Crippen LogP contribution in [0, 0.1) is 0 Å². The van der Waals surface area contributed by atoms with Gasteiger partial charge in [0.15, 0.2) is 0 Å². The van der Waals surface area contributed by atoms with E-state index in [2.05, 4.69) is 20.7 Å². The quantitative estimate of drug-likeness (QED) is 0.428. The molecule has 1 saturated heterocycles. The lowest BCUT2D eigenvalue weighted by atomic mass is 10.5. The van der Waals surface area contributed by atoms with E-state index in [4.69, 9.17) is 5.11 Å². The van der Waals surface area contributed by atoms with Crippen molar-refractivity contribution >= 4 is 15.9 Å². The van der Waals surface area contributed by atoms with Crippen LogP contribution in [0.5, 0.6) is 0 Å². The van der Waals surface area contributed by atoms with E-state index in [1.165, 1.54) is 0 Å². The molecule has 1 rings (SSSR count). The van der Waals surface area contributed by atoms with Gasteiger partial charge < -0.3 is 9.84 Å². The third-order valence-corrected chi connectivity index (χ3v) is 1.26. The number of aliphatic hydroxyl groups excluding tert-OH is 1.